The summed E-state index contributed by atoms with van der Waals surface area (Å²) in [6.45, 7) is 4.06. The predicted molar refractivity (Wildman–Crippen MR) is 65.4 cm³/mol. The maximum Gasteiger partial charge on any atom is 0.238 e. The molecule has 0 bridgehead atoms. The van der Waals surface area contributed by atoms with Gasteiger partial charge in [0.2, 0.25) is 5.91 Å². The zero-order valence-corrected chi connectivity index (χ0v) is 10.0. The fraction of sp³-hybridized carbons (Fsp3) is 0.462. The number of aryl methyl sites for hydroxylation is 1. The van der Waals surface area contributed by atoms with Gasteiger partial charge in [-0.05, 0) is 50.6 Å². The van der Waals surface area contributed by atoms with Crippen LogP contribution in [-0.2, 0) is 4.79 Å². The summed E-state index contributed by atoms with van der Waals surface area (Å²) in [5.74, 6) is -0.362. The molecule has 1 aromatic carbocycles. The molecule has 17 heavy (non-hydrogen) atoms. The van der Waals surface area contributed by atoms with E-state index < -0.39 is 0 Å². The molecule has 3 nitrogen and oxygen atoms in total. The Hall–Kier alpha value is -1.42. The van der Waals surface area contributed by atoms with Gasteiger partial charge < -0.3 is 5.32 Å². The molecule has 0 atom stereocenters. The Morgan fingerprint density at radius 3 is 2.76 bits per heavy atom. The molecule has 0 aliphatic carbocycles. The number of nitrogens with one attached hydrogen (secondary N) is 1. The van der Waals surface area contributed by atoms with Crippen molar-refractivity contribution >= 4 is 11.6 Å². The molecule has 1 heterocycles. The lowest BCUT2D eigenvalue weighted by molar-refractivity contribution is -0.117. The lowest BCUT2D eigenvalue weighted by Gasteiger charge is -2.14. The normalized spacial score (nSPS) is 16.1. The van der Waals surface area contributed by atoms with Gasteiger partial charge in [-0.2, -0.15) is 0 Å². The Labute approximate surface area is 101 Å². The van der Waals surface area contributed by atoms with Crippen LogP contribution in [0, 0.1) is 12.7 Å². The van der Waals surface area contributed by atoms with E-state index in [-0.39, 0.29) is 11.7 Å². The number of halogens is 1. The van der Waals surface area contributed by atoms with Crippen molar-refractivity contribution in [1.29, 1.82) is 0 Å². The van der Waals surface area contributed by atoms with Crippen LogP contribution in [-0.4, -0.2) is 30.4 Å². The summed E-state index contributed by atoms with van der Waals surface area (Å²) in [5, 5.41) is 2.72. The molecule has 1 aromatic rings. The molecule has 0 radical (unpaired) electrons. The van der Waals surface area contributed by atoms with Crippen LogP contribution in [0.15, 0.2) is 18.2 Å². The second-order valence-corrected chi connectivity index (χ2v) is 4.50. The molecule has 0 saturated carbocycles. The highest BCUT2D eigenvalue weighted by Gasteiger charge is 2.15. The Balaban J connectivity index is 1.90. The number of hydrogen-bond acceptors (Lipinski definition) is 2. The lowest BCUT2D eigenvalue weighted by Crippen LogP contribution is -2.30. The third kappa shape index (κ3) is 3.27. The van der Waals surface area contributed by atoms with Crippen LogP contribution in [0.2, 0.25) is 0 Å². The number of benzene rings is 1. The van der Waals surface area contributed by atoms with E-state index in [1.807, 2.05) is 0 Å². The maximum absolute atomic E-state index is 13.3. The fourth-order valence-electron chi connectivity index (χ4n) is 2.01. The van der Waals surface area contributed by atoms with Crippen LogP contribution in [0.25, 0.3) is 0 Å². The number of nitrogens with zero attached hydrogens (tertiary/aromatic N) is 1. The van der Waals surface area contributed by atoms with Crippen molar-refractivity contribution in [3.8, 4) is 0 Å². The molecule has 1 saturated heterocycles. The van der Waals surface area contributed by atoms with E-state index in [1.165, 1.54) is 6.07 Å². The Morgan fingerprint density at radius 2 is 2.12 bits per heavy atom. The monoisotopic (exact) mass is 236 g/mol. The van der Waals surface area contributed by atoms with E-state index in [1.54, 1.807) is 19.1 Å². The summed E-state index contributed by atoms with van der Waals surface area (Å²) in [6, 6.07) is 4.75. The Morgan fingerprint density at radius 1 is 1.41 bits per heavy atom. The first-order valence-electron chi connectivity index (χ1n) is 5.93. The Kier molecular flexibility index (Phi) is 3.74. The highest BCUT2D eigenvalue weighted by Crippen LogP contribution is 2.14. The second-order valence-electron chi connectivity index (χ2n) is 4.50. The Bertz CT molecular complexity index is 414. The summed E-state index contributed by atoms with van der Waals surface area (Å²) >= 11 is 0. The van der Waals surface area contributed by atoms with E-state index in [4.69, 9.17) is 0 Å². The molecule has 1 aliphatic rings. The predicted octanol–water partition coefficient (Wildman–Crippen LogP) is 2.17. The van der Waals surface area contributed by atoms with E-state index in [0.717, 1.165) is 25.9 Å². The number of carbonyl (C=O) groups excluding carboxylic acids is 1. The lowest BCUT2D eigenvalue weighted by atomic mass is 10.2. The number of likely N-dealkylation sites (tertiary alicyclic amines) is 1. The van der Waals surface area contributed by atoms with Crippen LogP contribution in [0.3, 0.4) is 0 Å². The molecule has 1 N–H and O–H groups in total. The van der Waals surface area contributed by atoms with Crippen molar-refractivity contribution < 1.29 is 9.18 Å². The first kappa shape index (κ1) is 12.0. The molecular formula is C13H17FN2O. The van der Waals surface area contributed by atoms with Crippen LogP contribution < -0.4 is 5.32 Å². The van der Waals surface area contributed by atoms with E-state index in [0.29, 0.717) is 17.8 Å². The highest BCUT2D eigenvalue weighted by atomic mass is 19.1. The van der Waals surface area contributed by atoms with Crippen molar-refractivity contribution in [3.05, 3.63) is 29.6 Å². The van der Waals surface area contributed by atoms with Gasteiger partial charge in [0, 0.05) is 5.69 Å². The molecule has 0 spiro atoms. The van der Waals surface area contributed by atoms with Crippen molar-refractivity contribution in [2.24, 2.45) is 0 Å². The van der Waals surface area contributed by atoms with Gasteiger partial charge in [-0.1, -0.05) is 6.07 Å². The van der Waals surface area contributed by atoms with Crippen LogP contribution >= 0.6 is 0 Å². The van der Waals surface area contributed by atoms with Gasteiger partial charge in [0.15, 0.2) is 0 Å². The largest absolute Gasteiger partial charge is 0.325 e. The molecule has 1 fully saturated rings. The molecule has 0 aromatic heterocycles. The van der Waals surface area contributed by atoms with Gasteiger partial charge in [-0.3, -0.25) is 9.69 Å². The zero-order valence-electron chi connectivity index (χ0n) is 10.0. The van der Waals surface area contributed by atoms with Crippen molar-refractivity contribution in [2.45, 2.75) is 19.8 Å². The van der Waals surface area contributed by atoms with Crippen LogP contribution in [0.1, 0.15) is 18.4 Å². The summed E-state index contributed by atoms with van der Waals surface area (Å²) in [7, 11) is 0. The van der Waals surface area contributed by atoms with Gasteiger partial charge in [-0.15, -0.1) is 0 Å². The molecule has 4 heteroatoms. The van der Waals surface area contributed by atoms with Crippen LogP contribution in [0.4, 0.5) is 10.1 Å². The third-order valence-electron chi connectivity index (χ3n) is 3.02. The zero-order chi connectivity index (χ0) is 12.3. The first-order chi connectivity index (χ1) is 8.15. The highest BCUT2D eigenvalue weighted by molar-refractivity contribution is 5.92. The molecule has 0 unspecified atom stereocenters. The van der Waals surface area contributed by atoms with Gasteiger partial charge in [0.25, 0.3) is 0 Å². The minimum atomic E-state index is -0.288. The van der Waals surface area contributed by atoms with Gasteiger partial charge >= 0.3 is 0 Å². The summed E-state index contributed by atoms with van der Waals surface area (Å²) in [5.41, 5.74) is 1.11. The number of anilines is 1. The van der Waals surface area contributed by atoms with Gasteiger partial charge in [0.1, 0.15) is 5.82 Å². The van der Waals surface area contributed by atoms with E-state index >= 15 is 0 Å². The number of rotatable bonds is 3. The van der Waals surface area contributed by atoms with Crippen molar-refractivity contribution in [3.63, 3.8) is 0 Å². The van der Waals surface area contributed by atoms with Gasteiger partial charge in [-0.25, -0.2) is 4.39 Å². The standard InChI is InChI=1S/C13H17FN2O/c1-10-4-5-11(8-12(10)14)15-13(17)9-16-6-2-3-7-16/h4-5,8H,2-3,6-7,9H2,1H3,(H,15,17). The summed E-state index contributed by atoms with van der Waals surface area (Å²) < 4.78 is 13.3. The van der Waals surface area contributed by atoms with Crippen LogP contribution in [0.5, 0.6) is 0 Å². The van der Waals surface area contributed by atoms with Gasteiger partial charge in [0.05, 0.1) is 6.54 Å². The molecule has 2 rings (SSSR count). The number of amides is 1. The molecule has 1 aliphatic heterocycles. The molecular weight excluding hydrogens is 219 g/mol. The SMILES string of the molecule is Cc1ccc(NC(=O)CN2CCCC2)cc1F. The second kappa shape index (κ2) is 5.27. The molecule has 92 valence electrons. The fourth-order valence-corrected chi connectivity index (χ4v) is 2.01. The maximum atomic E-state index is 13.3. The molecule has 1 amide bonds. The first-order valence-corrected chi connectivity index (χ1v) is 5.93. The number of hydrogen-bond donors (Lipinski definition) is 1. The topological polar surface area (TPSA) is 32.3 Å². The average Bonchev–Trinajstić information content (AvgIpc) is 2.76. The quantitative estimate of drug-likeness (QED) is 0.872. The summed E-state index contributed by atoms with van der Waals surface area (Å²) in [6.07, 6.45) is 2.32. The minimum absolute atomic E-state index is 0.0739. The summed E-state index contributed by atoms with van der Waals surface area (Å²) in [4.78, 5) is 13.8. The third-order valence-corrected chi connectivity index (χ3v) is 3.02. The smallest absolute Gasteiger partial charge is 0.238 e. The number of carbonyl (C=O) groups is 1. The minimum Gasteiger partial charge on any atom is -0.325 e. The average molecular weight is 236 g/mol. The van der Waals surface area contributed by atoms with Crippen molar-refractivity contribution in [2.75, 3.05) is 25.0 Å². The van der Waals surface area contributed by atoms with Crippen molar-refractivity contribution in [1.82, 2.24) is 4.90 Å². The van der Waals surface area contributed by atoms with E-state index in [9.17, 15) is 9.18 Å². The van der Waals surface area contributed by atoms with E-state index in [2.05, 4.69) is 10.2 Å².